The number of allylic oxidation sites excluding steroid dienone is 1. The summed E-state index contributed by atoms with van der Waals surface area (Å²) in [6.45, 7) is 9.51. The minimum Gasteiger partial charge on any atom is -0.391 e. The van der Waals surface area contributed by atoms with Crippen molar-refractivity contribution in [1.82, 2.24) is 4.90 Å². The second kappa shape index (κ2) is 5.00. The number of piperidine rings is 1. The van der Waals surface area contributed by atoms with Gasteiger partial charge in [-0.15, -0.1) is 0 Å². The van der Waals surface area contributed by atoms with Crippen LogP contribution in [0, 0.1) is 5.41 Å². The van der Waals surface area contributed by atoms with Gasteiger partial charge in [0.2, 0.25) is 5.91 Å². The van der Waals surface area contributed by atoms with Gasteiger partial charge >= 0.3 is 0 Å². The molecule has 0 bridgehead atoms. The molecule has 1 aliphatic heterocycles. The standard InChI is InChI=1S/C13H23NO2/c1-10(13(2,3)4)8-12(16)14-7-5-6-11(15)9-14/h8,11,15H,5-7,9H2,1-4H3. The first-order valence-corrected chi connectivity index (χ1v) is 5.96. The molecule has 0 saturated carbocycles. The first kappa shape index (κ1) is 13.2. The Balaban J connectivity index is 2.64. The Morgan fingerprint density at radius 2 is 2.06 bits per heavy atom. The molecular weight excluding hydrogens is 202 g/mol. The molecule has 0 aliphatic carbocycles. The van der Waals surface area contributed by atoms with E-state index < -0.39 is 0 Å². The van der Waals surface area contributed by atoms with Gasteiger partial charge in [0.1, 0.15) is 0 Å². The van der Waals surface area contributed by atoms with Gasteiger partial charge in [-0.1, -0.05) is 26.3 Å². The maximum Gasteiger partial charge on any atom is 0.246 e. The smallest absolute Gasteiger partial charge is 0.246 e. The average Bonchev–Trinajstić information content (AvgIpc) is 2.16. The summed E-state index contributed by atoms with van der Waals surface area (Å²) in [5, 5.41) is 9.51. The number of aliphatic hydroxyl groups is 1. The van der Waals surface area contributed by atoms with Crippen molar-refractivity contribution in [1.29, 1.82) is 0 Å². The van der Waals surface area contributed by atoms with Crippen LogP contribution in [0.3, 0.4) is 0 Å². The lowest BCUT2D eigenvalue weighted by atomic mass is 9.87. The van der Waals surface area contributed by atoms with Crippen molar-refractivity contribution in [3.05, 3.63) is 11.6 Å². The van der Waals surface area contributed by atoms with Gasteiger partial charge in [0.05, 0.1) is 6.10 Å². The Labute approximate surface area is 98.1 Å². The minimum absolute atomic E-state index is 0.0318. The number of hydrogen-bond donors (Lipinski definition) is 1. The number of likely N-dealkylation sites (tertiary alicyclic amines) is 1. The zero-order valence-electron chi connectivity index (χ0n) is 10.8. The number of carbonyl (C=O) groups excluding carboxylic acids is 1. The Morgan fingerprint density at radius 3 is 2.56 bits per heavy atom. The molecule has 1 atom stereocenters. The SMILES string of the molecule is CC(=CC(=O)N1CCCC(O)C1)C(C)(C)C. The van der Waals surface area contributed by atoms with Crippen LogP contribution >= 0.6 is 0 Å². The van der Waals surface area contributed by atoms with Crippen LogP contribution < -0.4 is 0 Å². The molecule has 0 aromatic carbocycles. The summed E-state index contributed by atoms with van der Waals surface area (Å²) in [6.07, 6.45) is 3.07. The number of hydrogen-bond acceptors (Lipinski definition) is 2. The van der Waals surface area contributed by atoms with Gasteiger partial charge in [-0.3, -0.25) is 4.79 Å². The second-order valence-electron chi connectivity index (χ2n) is 5.66. The van der Waals surface area contributed by atoms with Crippen molar-refractivity contribution in [3.8, 4) is 0 Å². The van der Waals surface area contributed by atoms with E-state index in [2.05, 4.69) is 20.8 Å². The van der Waals surface area contributed by atoms with Crippen molar-refractivity contribution in [2.45, 2.75) is 46.6 Å². The molecule has 0 spiro atoms. The van der Waals surface area contributed by atoms with Gasteiger partial charge in [0.25, 0.3) is 0 Å². The van der Waals surface area contributed by atoms with E-state index >= 15 is 0 Å². The normalized spacial score (nSPS) is 23.4. The third-order valence-electron chi connectivity index (χ3n) is 3.23. The van der Waals surface area contributed by atoms with Crippen LogP contribution in [-0.2, 0) is 4.79 Å². The zero-order chi connectivity index (χ0) is 12.3. The van der Waals surface area contributed by atoms with E-state index in [-0.39, 0.29) is 17.4 Å². The maximum atomic E-state index is 11.9. The van der Waals surface area contributed by atoms with E-state index in [1.54, 1.807) is 11.0 Å². The summed E-state index contributed by atoms with van der Waals surface area (Å²) in [5.41, 5.74) is 1.11. The Morgan fingerprint density at radius 1 is 1.44 bits per heavy atom. The topological polar surface area (TPSA) is 40.5 Å². The van der Waals surface area contributed by atoms with Crippen LogP contribution in [0.1, 0.15) is 40.5 Å². The lowest BCUT2D eigenvalue weighted by Crippen LogP contribution is -2.41. The van der Waals surface area contributed by atoms with Gasteiger partial charge < -0.3 is 10.0 Å². The van der Waals surface area contributed by atoms with Crippen LogP contribution in [0.5, 0.6) is 0 Å². The first-order chi connectivity index (χ1) is 7.30. The Bertz CT molecular complexity index is 289. The molecule has 0 radical (unpaired) electrons. The largest absolute Gasteiger partial charge is 0.391 e. The number of aliphatic hydroxyl groups excluding tert-OH is 1. The van der Waals surface area contributed by atoms with Crippen LogP contribution in [0.25, 0.3) is 0 Å². The van der Waals surface area contributed by atoms with E-state index in [0.717, 1.165) is 25.0 Å². The molecule has 1 fully saturated rings. The Kier molecular flexibility index (Phi) is 4.14. The fourth-order valence-electron chi connectivity index (χ4n) is 1.65. The van der Waals surface area contributed by atoms with Gasteiger partial charge in [-0.05, 0) is 25.2 Å². The average molecular weight is 225 g/mol. The highest BCUT2D eigenvalue weighted by molar-refractivity contribution is 5.88. The molecule has 0 aromatic rings. The molecule has 3 nitrogen and oxygen atoms in total. The zero-order valence-corrected chi connectivity index (χ0v) is 10.8. The fraction of sp³-hybridized carbons (Fsp3) is 0.769. The number of amides is 1. The highest BCUT2D eigenvalue weighted by atomic mass is 16.3. The van der Waals surface area contributed by atoms with Gasteiger partial charge in [-0.25, -0.2) is 0 Å². The van der Waals surface area contributed by atoms with Gasteiger partial charge in [0.15, 0.2) is 0 Å². The number of nitrogens with zero attached hydrogens (tertiary/aromatic N) is 1. The predicted molar refractivity (Wildman–Crippen MR) is 65.0 cm³/mol. The van der Waals surface area contributed by atoms with Crippen LogP contribution in [0.4, 0.5) is 0 Å². The van der Waals surface area contributed by atoms with Crippen molar-refractivity contribution in [2.75, 3.05) is 13.1 Å². The molecular formula is C13H23NO2. The van der Waals surface area contributed by atoms with E-state index in [1.807, 2.05) is 6.92 Å². The van der Waals surface area contributed by atoms with Crippen molar-refractivity contribution in [2.24, 2.45) is 5.41 Å². The van der Waals surface area contributed by atoms with Crippen molar-refractivity contribution >= 4 is 5.91 Å². The summed E-state index contributed by atoms with van der Waals surface area (Å²) in [5.74, 6) is 0.0335. The van der Waals surface area contributed by atoms with E-state index in [0.29, 0.717) is 6.54 Å². The summed E-state index contributed by atoms with van der Waals surface area (Å²) < 4.78 is 0. The van der Waals surface area contributed by atoms with Gasteiger partial charge in [-0.2, -0.15) is 0 Å². The quantitative estimate of drug-likeness (QED) is 0.693. The van der Waals surface area contributed by atoms with E-state index in [9.17, 15) is 9.90 Å². The molecule has 16 heavy (non-hydrogen) atoms. The summed E-state index contributed by atoms with van der Waals surface area (Å²) in [6, 6.07) is 0. The molecule has 92 valence electrons. The Hall–Kier alpha value is -0.830. The number of rotatable bonds is 1. The monoisotopic (exact) mass is 225 g/mol. The molecule has 1 unspecified atom stereocenters. The lowest BCUT2D eigenvalue weighted by molar-refractivity contribution is -0.129. The van der Waals surface area contributed by atoms with Crippen molar-refractivity contribution in [3.63, 3.8) is 0 Å². The summed E-state index contributed by atoms with van der Waals surface area (Å²) >= 11 is 0. The summed E-state index contributed by atoms with van der Waals surface area (Å²) in [4.78, 5) is 13.7. The summed E-state index contributed by atoms with van der Waals surface area (Å²) in [7, 11) is 0. The highest BCUT2D eigenvalue weighted by Gasteiger charge is 2.22. The minimum atomic E-state index is -0.346. The highest BCUT2D eigenvalue weighted by Crippen LogP contribution is 2.24. The third kappa shape index (κ3) is 3.63. The lowest BCUT2D eigenvalue weighted by Gasteiger charge is -2.30. The van der Waals surface area contributed by atoms with Crippen molar-refractivity contribution < 1.29 is 9.90 Å². The van der Waals surface area contributed by atoms with E-state index in [4.69, 9.17) is 0 Å². The molecule has 1 rings (SSSR count). The first-order valence-electron chi connectivity index (χ1n) is 5.96. The number of β-amino-alcohol motifs (C(OH)–C–C–N with tert-alkyl or cyclic N) is 1. The molecule has 1 saturated heterocycles. The fourth-order valence-corrected chi connectivity index (χ4v) is 1.65. The van der Waals surface area contributed by atoms with Crippen LogP contribution in [-0.4, -0.2) is 35.1 Å². The molecule has 1 aliphatic rings. The molecule has 3 heteroatoms. The van der Waals surface area contributed by atoms with Gasteiger partial charge in [0, 0.05) is 19.2 Å². The molecule has 1 N–H and O–H groups in total. The van der Waals surface area contributed by atoms with Crippen LogP contribution in [0.2, 0.25) is 0 Å². The predicted octanol–water partition coefficient (Wildman–Crippen LogP) is 1.96. The molecule has 1 heterocycles. The maximum absolute atomic E-state index is 11.9. The van der Waals surface area contributed by atoms with E-state index in [1.165, 1.54) is 0 Å². The second-order valence-corrected chi connectivity index (χ2v) is 5.66. The third-order valence-corrected chi connectivity index (χ3v) is 3.23. The number of carbonyl (C=O) groups is 1. The molecule has 1 amide bonds. The molecule has 0 aromatic heterocycles. The van der Waals surface area contributed by atoms with Crippen LogP contribution in [0.15, 0.2) is 11.6 Å².